The molecule has 3 rings (SSSR count). The molecule has 1 heterocycles. The Kier molecular flexibility index (Phi) is 6.81. The minimum atomic E-state index is -0.386. The van der Waals surface area contributed by atoms with Gasteiger partial charge in [0, 0.05) is 25.0 Å². The van der Waals surface area contributed by atoms with Crippen LogP contribution in [0.1, 0.15) is 31.2 Å². The lowest BCUT2D eigenvalue weighted by atomic mass is 9.89. The zero-order valence-electron chi connectivity index (χ0n) is 14.5. The molecule has 1 aromatic rings. The van der Waals surface area contributed by atoms with E-state index in [1.165, 1.54) is 5.56 Å². The molecule has 3 amide bonds. The molecule has 138 valence electrons. The smallest absolute Gasteiger partial charge is 0.321 e. The van der Waals surface area contributed by atoms with Crippen LogP contribution >= 0.6 is 12.4 Å². The lowest BCUT2D eigenvalue weighted by molar-refractivity contribution is -0.124. The molecule has 0 aromatic heterocycles. The van der Waals surface area contributed by atoms with Crippen molar-refractivity contribution in [3.8, 4) is 0 Å². The van der Waals surface area contributed by atoms with Crippen molar-refractivity contribution in [2.24, 2.45) is 11.7 Å². The van der Waals surface area contributed by atoms with Gasteiger partial charge in [0.25, 0.3) is 0 Å². The highest BCUT2D eigenvalue weighted by atomic mass is 35.5. The van der Waals surface area contributed by atoms with E-state index in [1.807, 2.05) is 25.1 Å². The summed E-state index contributed by atoms with van der Waals surface area (Å²) >= 11 is 0. The van der Waals surface area contributed by atoms with Crippen molar-refractivity contribution in [3.63, 3.8) is 0 Å². The number of carbonyl (C=O) groups is 2. The number of rotatable bonds is 5. The first kappa shape index (κ1) is 19.7. The highest BCUT2D eigenvalue weighted by Crippen LogP contribution is 2.33. The highest BCUT2D eigenvalue weighted by molar-refractivity contribution is 5.97. The van der Waals surface area contributed by atoms with Gasteiger partial charge in [-0.2, -0.15) is 0 Å². The zero-order valence-corrected chi connectivity index (χ0v) is 15.3. The van der Waals surface area contributed by atoms with Crippen molar-refractivity contribution in [2.75, 3.05) is 19.6 Å². The molecule has 0 radical (unpaired) electrons. The summed E-state index contributed by atoms with van der Waals surface area (Å²) in [5.41, 5.74) is 7.21. The van der Waals surface area contributed by atoms with Crippen molar-refractivity contribution in [1.82, 2.24) is 15.5 Å². The number of nitrogens with two attached hydrogens (primary N) is 1. The summed E-state index contributed by atoms with van der Waals surface area (Å²) in [4.78, 5) is 26.2. The number of benzene rings is 1. The SMILES string of the molecule is CC(C(=O)NC(=O)NC1CC1)N1C[C@@H](CN)[C@H](c2ccccc2)C1.Cl. The molecule has 0 spiro atoms. The fourth-order valence-corrected chi connectivity index (χ4v) is 3.37. The Morgan fingerprint density at radius 2 is 1.92 bits per heavy atom. The predicted molar refractivity (Wildman–Crippen MR) is 99.7 cm³/mol. The van der Waals surface area contributed by atoms with Gasteiger partial charge in [-0.05, 0) is 37.8 Å². The van der Waals surface area contributed by atoms with E-state index in [9.17, 15) is 9.59 Å². The van der Waals surface area contributed by atoms with E-state index in [0.29, 0.717) is 18.4 Å². The molecule has 0 bridgehead atoms. The van der Waals surface area contributed by atoms with Crippen molar-refractivity contribution in [3.05, 3.63) is 35.9 Å². The van der Waals surface area contributed by atoms with Gasteiger partial charge in [0.1, 0.15) is 0 Å². The minimum Gasteiger partial charge on any atom is -0.335 e. The van der Waals surface area contributed by atoms with E-state index in [1.54, 1.807) is 0 Å². The summed E-state index contributed by atoms with van der Waals surface area (Å²) < 4.78 is 0. The van der Waals surface area contributed by atoms with Gasteiger partial charge >= 0.3 is 6.03 Å². The van der Waals surface area contributed by atoms with Gasteiger partial charge in [-0.1, -0.05) is 30.3 Å². The first-order valence-electron chi connectivity index (χ1n) is 8.69. The standard InChI is InChI=1S/C18H26N4O2.ClH/c1-12(17(23)21-18(24)20-15-7-8-15)22-10-14(9-19)16(11-22)13-5-3-2-4-6-13;/h2-6,12,14-16H,7-11,19H2,1H3,(H2,20,21,23,24);1H/t12?,14-,16+;/m1./s1. The van der Waals surface area contributed by atoms with Crippen molar-refractivity contribution in [2.45, 2.75) is 37.8 Å². The third-order valence-electron chi connectivity index (χ3n) is 5.08. The molecule has 1 aliphatic heterocycles. The van der Waals surface area contributed by atoms with Crippen LogP contribution in [0.25, 0.3) is 0 Å². The normalized spacial score (nSPS) is 24.2. The maximum atomic E-state index is 12.3. The number of halogens is 1. The lowest BCUT2D eigenvalue weighted by Crippen LogP contribution is -2.49. The Morgan fingerprint density at radius 3 is 2.52 bits per heavy atom. The molecule has 1 aromatic carbocycles. The zero-order chi connectivity index (χ0) is 17.1. The number of nitrogens with zero attached hydrogens (tertiary/aromatic N) is 1. The van der Waals surface area contributed by atoms with Crippen LogP contribution in [0, 0.1) is 5.92 Å². The first-order valence-corrected chi connectivity index (χ1v) is 8.69. The van der Waals surface area contributed by atoms with Crippen molar-refractivity contribution in [1.29, 1.82) is 0 Å². The van der Waals surface area contributed by atoms with E-state index in [-0.39, 0.29) is 36.4 Å². The van der Waals surface area contributed by atoms with Crippen molar-refractivity contribution >= 4 is 24.3 Å². The Balaban J connectivity index is 0.00000225. The van der Waals surface area contributed by atoms with Gasteiger partial charge in [0.05, 0.1) is 6.04 Å². The molecular formula is C18H27ClN4O2. The Hall–Kier alpha value is -1.63. The molecule has 25 heavy (non-hydrogen) atoms. The summed E-state index contributed by atoms with van der Waals surface area (Å²) in [6, 6.07) is 9.80. The number of urea groups is 1. The molecule has 1 saturated heterocycles. The molecule has 1 aliphatic carbocycles. The summed E-state index contributed by atoms with van der Waals surface area (Å²) in [5, 5.41) is 5.23. The van der Waals surface area contributed by atoms with Crippen LogP contribution in [0.4, 0.5) is 4.79 Å². The lowest BCUT2D eigenvalue weighted by Gasteiger charge is -2.23. The number of hydrogen-bond donors (Lipinski definition) is 3. The van der Waals surface area contributed by atoms with Crippen LogP contribution in [0.15, 0.2) is 30.3 Å². The number of carbonyl (C=O) groups excluding carboxylic acids is 2. The summed E-state index contributed by atoms with van der Waals surface area (Å²) in [5.74, 6) is 0.396. The summed E-state index contributed by atoms with van der Waals surface area (Å²) in [6.45, 7) is 3.99. The average Bonchev–Trinajstić information content (AvgIpc) is 3.29. The van der Waals surface area contributed by atoms with Crippen LogP contribution in [0.2, 0.25) is 0 Å². The van der Waals surface area contributed by atoms with Gasteiger partial charge in [0.15, 0.2) is 0 Å². The largest absolute Gasteiger partial charge is 0.335 e. The van der Waals surface area contributed by atoms with E-state index < -0.39 is 0 Å². The maximum Gasteiger partial charge on any atom is 0.321 e. The maximum absolute atomic E-state index is 12.3. The fourth-order valence-electron chi connectivity index (χ4n) is 3.37. The predicted octanol–water partition coefficient (Wildman–Crippen LogP) is 1.46. The third kappa shape index (κ3) is 4.93. The number of hydrogen-bond acceptors (Lipinski definition) is 4. The monoisotopic (exact) mass is 366 g/mol. The topological polar surface area (TPSA) is 87.5 Å². The molecular weight excluding hydrogens is 340 g/mol. The van der Waals surface area contributed by atoms with Gasteiger partial charge in [0.2, 0.25) is 5.91 Å². The molecule has 3 atom stereocenters. The van der Waals surface area contributed by atoms with Crippen LogP contribution in [0.3, 0.4) is 0 Å². The Bertz CT molecular complexity index is 594. The third-order valence-corrected chi connectivity index (χ3v) is 5.08. The van der Waals surface area contributed by atoms with Crippen LogP contribution in [-0.2, 0) is 4.79 Å². The molecule has 2 fully saturated rings. The fraction of sp³-hybridized carbons (Fsp3) is 0.556. The van der Waals surface area contributed by atoms with E-state index in [2.05, 4.69) is 27.7 Å². The second-order valence-corrected chi connectivity index (χ2v) is 6.88. The molecule has 7 heteroatoms. The van der Waals surface area contributed by atoms with Gasteiger partial charge in [-0.3, -0.25) is 15.0 Å². The molecule has 2 aliphatic rings. The van der Waals surface area contributed by atoms with E-state index in [4.69, 9.17) is 5.73 Å². The number of likely N-dealkylation sites (tertiary alicyclic amines) is 1. The van der Waals surface area contributed by atoms with Crippen LogP contribution in [0.5, 0.6) is 0 Å². The summed E-state index contributed by atoms with van der Waals surface area (Å²) in [7, 11) is 0. The molecule has 1 saturated carbocycles. The van der Waals surface area contributed by atoms with Crippen LogP contribution in [-0.4, -0.2) is 48.6 Å². The second kappa shape index (κ2) is 8.65. The minimum absolute atomic E-state index is 0. The first-order chi connectivity index (χ1) is 11.6. The Labute approximate surface area is 154 Å². The van der Waals surface area contributed by atoms with Gasteiger partial charge in [-0.25, -0.2) is 4.79 Å². The quantitative estimate of drug-likeness (QED) is 0.736. The van der Waals surface area contributed by atoms with Gasteiger partial charge < -0.3 is 11.1 Å². The summed E-state index contributed by atoms with van der Waals surface area (Å²) in [6.07, 6.45) is 2.00. The molecule has 1 unspecified atom stereocenters. The van der Waals surface area contributed by atoms with E-state index in [0.717, 1.165) is 25.9 Å². The average molecular weight is 367 g/mol. The second-order valence-electron chi connectivity index (χ2n) is 6.88. The van der Waals surface area contributed by atoms with Gasteiger partial charge in [-0.15, -0.1) is 12.4 Å². The van der Waals surface area contributed by atoms with Crippen LogP contribution < -0.4 is 16.4 Å². The number of nitrogens with one attached hydrogen (secondary N) is 2. The number of amides is 3. The molecule has 6 nitrogen and oxygen atoms in total. The number of imide groups is 1. The van der Waals surface area contributed by atoms with Crippen molar-refractivity contribution < 1.29 is 9.59 Å². The van der Waals surface area contributed by atoms with E-state index >= 15 is 0 Å². The molecule has 4 N–H and O–H groups in total. The highest BCUT2D eigenvalue weighted by Gasteiger charge is 2.37. The Morgan fingerprint density at radius 1 is 1.24 bits per heavy atom.